The lowest BCUT2D eigenvalue weighted by Gasteiger charge is -2.17. The Morgan fingerprint density at radius 1 is 1.23 bits per heavy atom. The summed E-state index contributed by atoms with van der Waals surface area (Å²) in [5.74, 6) is 0.0674. The molecule has 0 bridgehead atoms. The Morgan fingerprint density at radius 2 is 2.00 bits per heavy atom. The number of Topliss-reactive ketones (excluding diaryl/α,β-unsaturated/α-hetero) is 1. The molecular weight excluding hydrogens is 344 g/mol. The molecule has 0 unspecified atom stereocenters. The van der Waals surface area contributed by atoms with E-state index in [9.17, 15) is 9.59 Å². The number of hydrogen-bond acceptors (Lipinski definition) is 4. The fourth-order valence-corrected chi connectivity index (χ4v) is 5.53. The molecule has 4 nitrogen and oxygen atoms in total. The van der Waals surface area contributed by atoms with Crippen molar-refractivity contribution in [3.05, 3.63) is 61.0 Å². The summed E-state index contributed by atoms with van der Waals surface area (Å²) < 4.78 is 1.70. The van der Waals surface area contributed by atoms with Gasteiger partial charge in [0, 0.05) is 10.4 Å². The lowest BCUT2D eigenvalue weighted by atomic mass is 9.91. The third-order valence-corrected chi connectivity index (χ3v) is 6.70. The molecule has 0 saturated carbocycles. The van der Waals surface area contributed by atoms with Gasteiger partial charge in [-0.2, -0.15) is 0 Å². The third-order valence-electron chi connectivity index (χ3n) is 5.50. The van der Waals surface area contributed by atoms with E-state index in [1.165, 1.54) is 10.4 Å². The molecule has 0 aliphatic heterocycles. The van der Waals surface area contributed by atoms with Crippen molar-refractivity contribution in [2.24, 2.45) is 0 Å². The second kappa shape index (κ2) is 6.16. The van der Waals surface area contributed by atoms with Gasteiger partial charge in [0.05, 0.1) is 18.3 Å². The van der Waals surface area contributed by atoms with Gasteiger partial charge in [0.2, 0.25) is 0 Å². The largest absolute Gasteiger partial charge is 0.294 e. The van der Waals surface area contributed by atoms with E-state index in [0.717, 1.165) is 57.3 Å². The van der Waals surface area contributed by atoms with Crippen molar-refractivity contribution in [1.82, 2.24) is 9.55 Å². The molecule has 134 valence electrons. The summed E-state index contributed by atoms with van der Waals surface area (Å²) in [6, 6.07) is 2.04. The highest BCUT2D eigenvalue weighted by atomic mass is 32.1. The van der Waals surface area contributed by atoms with Crippen LogP contribution in [0.25, 0.3) is 10.2 Å². The lowest BCUT2D eigenvalue weighted by molar-refractivity contribution is 0.101. The lowest BCUT2D eigenvalue weighted by Crippen LogP contribution is -2.22. The number of nitrogens with zero attached hydrogens (tertiary/aromatic N) is 2. The van der Waals surface area contributed by atoms with E-state index in [2.05, 4.69) is 4.98 Å². The number of ketones is 1. The van der Waals surface area contributed by atoms with Gasteiger partial charge in [-0.05, 0) is 74.8 Å². The average molecular weight is 366 g/mol. The Kier molecular flexibility index (Phi) is 4.07. The highest BCUT2D eigenvalue weighted by Gasteiger charge is 2.22. The second-order valence-corrected chi connectivity index (χ2v) is 8.34. The predicted molar refractivity (Wildman–Crippen MR) is 106 cm³/mol. The molecule has 1 aliphatic carbocycles. The number of fused-ring (bicyclic) bond motifs is 3. The van der Waals surface area contributed by atoms with Crippen LogP contribution in [0.5, 0.6) is 0 Å². The van der Waals surface area contributed by atoms with Crippen LogP contribution in [0.15, 0.2) is 17.2 Å². The van der Waals surface area contributed by atoms with Crippen molar-refractivity contribution < 1.29 is 4.79 Å². The quantitative estimate of drug-likeness (QED) is 0.655. The minimum atomic E-state index is 0.0400. The van der Waals surface area contributed by atoms with Crippen LogP contribution in [0, 0.1) is 20.8 Å². The summed E-state index contributed by atoms with van der Waals surface area (Å²) >= 11 is 1.66. The summed E-state index contributed by atoms with van der Waals surface area (Å²) in [5, 5.41) is 0.805. The SMILES string of the molecule is CC(=O)c1c(C)cc(C)c(Cn2cnc3sc4c(c3c2=O)CCC4)c1C. The van der Waals surface area contributed by atoms with Crippen LogP contribution in [0.2, 0.25) is 0 Å². The third kappa shape index (κ3) is 2.53. The molecule has 0 atom stereocenters. The average Bonchev–Trinajstić information content (AvgIpc) is 3.13. The van der Waals surface area contributed by atoms with E-state index in [-0.39, 0.29) is 11.3 Å². The van der Waals surface area contributed by atoms with E-state index in [4.69, 9.17) is 0 Å². The van der Waals surface area contributed by atoms with Gasteiger partial charge < -0.3 is 0 Å². The number of hydrogen-bond donors (Lipinski definition) is 0. The van der Waals surface area contributed by atoms with Crippen LogP contribution in [0.3, 0.4) is 0 Å². The molecule has 0 saturated heterocycles. The zero-order valence-corrected chi connectivity index (χ0v) is 16.4. The highest BCUT2D eigenvalue weighted by molar-refractivity contribution is 7.18. The zero-order valence-electron chi connectivity index (χ0n) is 15.6. The van der Waals surface area contributed by atoms with Crippen LogP contribution < -0.4 is 5.56 Å². The fraction of sp³-hybridized carbons (Fsp3) is 0.381. The van der Waals surface area contributed by atoms with Crippen molar-refractivity contribution >= 4 is 27.3 Å². The van der Waals surface area contributed by atoms with E-state index in [1.54, 1.807) is 29.2 Å². The Bertz CT molecular complexity index is 1120. The van der Waals surface area contributed by atoms with Crippen molar-refractivity contribution in [2.45, 2.75) is 53.5 Å². The van der Waals surface area contributed by atoms with E-state index in [1.807, 2.05) is 26.8 Å². The van der Waals surface area contributed by atoms with Crippen molar-refractivity contribution in [2.75, 3.05) is 0 Å². The molecule has 0 amide bonds. The normalized spacial score (nSPS) is 13.4. The number of aromatic nitrogens is 2. The van der Waals surface area contributed by atoms with Crippen molar-refractivity contribution in [3.63, 3.8) is 0 Å². The minimum absolute atomic E-state index is 0.0400. The number of carbonyl (C=O) groups is 1. The number of rotatable bonds is 3. The van der Waals surface area contributed by atoms with Gasteiger partial charge in [-0.25, -0.2) is 4.98 Å². The number of carbonyl (C=O) groups excluding carboxylic acids is 1. The molecule has 0 radical (unpaired) electrons. The summed E-state index contributed by atoms with van der Waals surface area (Å²) in [6.45, 7) is 8.03. The summed E-state index contributed by atoms with van der Waals surface area (Å²) in [7, 11) is 0. The maximum absolute atomic E-state index is 13.1. The molecule has 1 aliphatic rings. The van der Waals surface area contributed by atoms with Gasteiger partial charge in [0.1, 0.15) is 4.83 Å². The molecule has 2 heterocycles. The molecule has 0 fully saturated rings. The molecule has 2 aromatic heterocycles. The van der Waals surface area contributed by atoms with E-state index in [0.29, 0.717) is 6.54 Å². The number of aryl methyl sites for hydroxylation is 4. The van der Waals surface area contributed by atoms with Gasteiger partial charge in [0.15, 0.2) is 5.78 Å². The van der Waals surface area contributed by atoms with Crippen LogP contribution in [-0.2, 0) is 19.4 Å². The first kappa shape index (κ1) is 17.2. The molecule has 5 heteroatoms. The molecule has 26 heavy (non-hydrogen) atoms. The maximum Gasteiger partial charge on any atom is 0.262 e. The number of thiophene rings is 1. The Labute approximate surface area is 156 Å². The Hall–Kier alpha value is -2.27. The van der Waals surface area contributed by atoms with Crippen molar-refractivity contribution in [1.29, 1.82) is 0 Å². The predicted octanol–water partition coefficient (Wildman–Crippen LogP) is 4.12. The first-order valence-corrected chi connectivity index (χ1v) is 9.80. The number of benzene rings is 1. The molecule has 1 aromatic carbocycles. The smallest absolute Gasteiger partial charge is 0.262 e. The van der Waals surface area contributed by atoms with Crippen LogP contribution in [0.4, 0.5) is 0 Å². The zero-order chi connectivity index (χ0) is 18.6. The fourth-order valence-electron chi connectivity index (χ4n) is 4.31. The molecule has 3 aromatic rings. The van der Waals surface area contributed by atoms with Gasteiger partial charge in [-0.15, -0.1) is 11.3 Å². The molecular formula is C21H22N2O2S. The van der Waals surface area contributed by atoms with Gasteiger partial charge in [0.25, 0.3) is 5.56 Å². The van der Waals surface area contributed by atoms with E-state index >= 15 is 0 Å². The van der Waals surface area contributed by atoms with Crippen LogP contribution >= 0.6 is 11.3 Å². The minimum Gasteiger partial charge on any atom is -0.294 e. The van der Waals surface area contributed by atoms with Crippen molar-refractivity contribution in [3.8, 4) is 0 Å². The summed E-state index contributed by atoms with van der Waals surface area (Å²) in [5.41, 5.74) is 6.12. The molecule has 4 rings (SSSR count). The molecule has 0 N–H and O–H groups in total. The first-order valence-electron chi connectivity index (χ1n) is 8.98. The Morgan fingerprint density at radius 3 is 2.73 bits per heavy atom. The van der Waals surface area contributed by atoms with Crippen LogP contribution in [-0.4, -0.2) is 15.3 Å². The van der Waals surface area contributed by atoms with Gasteiger partial charge >= 0.3 is 0 Å². The molecule has 0 spiro atoms. The van der Waals surface area contributed by atoms with Crippen LogP contribution in [0.1, 0.15) is 56.4 Å². The van der Waals surface area contributed by atoms with Gasteiger partial charge in [-0.3, -0.25) is 14.2 Å². The first-order chi connectivity index (χ1) is 12.4. The summed E-state index contributed by atoms with van der Waals surface area (Å²) in [6.07, 6.45) is 4.83. The second-order valence-electron chi connectivity index (χ2n) is 7.26. The topological polar surface area (TPSA) is 52.0 Å². The Balaban J connectivity index is 1.86. The summed E-state index contributed by atoms with van der Waals surface area (Å²) in [4.78, 5) is 31.9. The van der Waals surface area contributed by atoms with Gasteiger partial charge in [-0.1, -0.05) is 6.07 Å². The highest BCUT2D eigenvalue weighted by Crippen LogP contribution is 2.34. The maximum atomic E-state index is 13.1. The monoisotopic (exact) mass is 366 g/mol. The van der Waals surface area contributed by atoms with E-state index < -0.39 is 0 Å². The standard InChI is InChI=1S/C21H22N2O2S/c1-11-8-12(2)18(14(4)24)13(3)16(11)9-23-10-22-20-19(21(23)25)15-6-5-7-17(15)26-20/h8,10H,5-7,9H2,1-4H3.